The van der Waals surface area contributed by atoms with Gasteiger partial charge in [0, 0.05) is 18.1 Å². The van der Waals surface area contributed by atoms with Gasteiger partial charge in [0.1, 0.15) is 5.75 Å². The summed E-state index contributed by atoms with van der Waals surface area (Å²) in [7, 11) is 1.48. The van der Waals surface area contributed by atoms with Gasteiger partial charge in [-0.2, -0.15) is 0 Å². The highest BCUT2D eigenvalue weighted by molar-refractivity contribution is 6.31. The van der Waals surface area contributed by atoms with Crippen molar-refractivity contribution in [1.29, 1.82) is 0 Å². The molecule has 0 aliphatic heterocycles. The number of methoxy groups -OCH3 is 1. The van der Waals surface area contributed by atoms with E-state index in [0.29, 0.717) is 34.4 Å². The van der Waals surface area contributed by atoms with Crippen molar-refractivity contribution in [1.82, 2.24) is 10.6 Å². The molecule has 0 radical (unpaired) electrons. The van der Waals surface area contributed by atoms with E-state index < -0.39 is 0 Å². The second-order valence-corrected chi connectivity index (χ2v) is 6.06. The van der Waals surface area contributed by atoms with Crippen molar-refractivity contribution in [3.63, 3.8) is 0 Å². The molecule has 0 heterocycles. The second kappa shape index (κ2) is 11.0. The van der Waals surface area contributed by atoms with Crippen molar-refractivity contribution >= 4 is 23.4 Å². The molecule has 0 spiro atoms. The monoisotopic (exact) mass is 406 g/mol. The molecule has 0 aliphatic carbocycles. The number of nitrogens with one attached hydrogen (secondary N) is 2. The summed E-state index contributed by atoms with van der Waals surface area (Å²) in [4.78, 5) is 24.1. The molecule has 0 saturated carbocycles. The molecule has 8 heteroatoms. The quantitative estimate of drug-likeness (QED) is 0.592. The molecular weight excluding hydrogens is 384 g/mol. The minimum Gasteiger partial charge on any atom is -0.496 e. The third kappa shape index (κ3) is 6.35. The summed E-state index contributed by atoms with van der Waals surface area (Å²) in [5, 5.41) is 5.81. The van der Waals surface area contributed by atoms with Crippen LogP contribution < -0.4 is 24.8 Å². The molecule has 0 atom stereocenters. The minimum absolute atomic E-state index is 0.153. The maximum absolute atomic E-state index is 12.2. The van der Waals surface area contributed by atoms with E-state index in [-0.39, 0.29) is 31.5 Å². The van der Waals surface area contributed by atoms with Gasteiger partial charge in [-0.1, -0.05) is 23.7 Å². The number of amides is 2. The lowest BCUT2D eigenvalue weighted by Crippen LogP contribution is -2.36. The first-order valence-electron chi connectivity index (χ1n) is 8.78. The minimum atomic E-state index is -0.338. The summed E-state index contributed by atoms with van der Waals surface area (Å²) in [6.45, 7) is 2.72. The van der Waals surface area contributed by atoms with Crippen LogP contribution in [0.1, 0.15) is 17.3 Å². The Morgan fingerprint density at radius 3 is 2.32 bits per heavy atom. The zero-order valence-electron chi connectivity index (χ0n) is 15.8. The van der Waals surface area contributed by atoms with Crippen molar-refractivity contribution in [3.8, 4) is 17.2 Å². The molecule has 0 aromatic heterocycles. The largest absolute Gasteiger partial charge is 0.496 e. The van der Waals surface area contributed by atoms with Gasteiger partial charge in [0.15, 0.2) is 18.1 Å². The van der Waals surface area contributed by atoms with Gasteiger partial charge in [0.05, 0.1) is 19.3 Å². The van der Waals surface area contributed by atoms with E-state index in [9.17, 15) is 9.59 Å². The van der Waals surface area contributed by atoms with E-state index in [1.54, 1.807) is 30.3 Å². The Kier molecular flexibility index (Phi) is 8.42. The molecule has 0 unspecified atom stereocenters. The van der Waals surface area contributed by atoms with Crippen LogP contribution in [0, 0.1) is 0 Å². The average molecular weight is 407 g/mol. The molecule has 0 saturated heterocycles. The fourth-order valence-corrected chi connectivity index (χ4v) is 2.54. The predicted octanol–water partition coefficient (Wildman–Crippen LogP) is 2.67. The SMILES string of the molecule is CCOc1ccccc1OCC(=O)NCCNC(=O)c1cc(Cl)ccc1OC. The number of carbonyl (C=O) groups is 2. The Morgan fingerprint density at radius 2 is 1.64 bits per heavy atom. The number of hydrogen-bond donors (Lipinski definition) is 2. The number of benzene rings is 2. The first-order valence-corrected chi connectivity index (χ1v) is 9.16. The topological polar surface area (TPSA) is 85.9 Å². The lowest BCUT2D eigenvalue weighted by Gasteiger charge is -2.12. The van der Waals surface area contributed by atoms with Crippen molar-refractivity contribution in [3.05, 3.63) is 53.1 Å². The van der Waals surface area contributed by atoms with Crippen LogP contribution in [-0.4, -0.2) is 45.2 Å². The maximum Gasteiger partial charge on any atom is 0.258 e. The van der Waals surface area contributed by atoms with E-state index in [1.807, 2.05) is 13.0 Å². The van der Waals surface area contributed by atoms with E-state index in [1.165, 1.54) is 13.2 Å². The highest BCUT2D eigenvalue weighted by Crippen LogP contribution is 2.26. The maximum atomic E-state index is 12.2. The molecule has 0 aliphatic rings. The van der Waals surface area contributed by atoms with Gasteiger partial charge >= 0.3 is 0 Å². The number of para-hydroxylation sites is 2. The van der Waals surface area contributed by atoms with E-state index in [2.05, 4.69) is 10.6 Å². The van der Waals surface area contributed by atoms with Crippen LogP contribution in [-0.2, 0) is 4.79 Å². The number of carbonyl (C=O) groups excluding carboxylic acids is 2. The molecule has 2 aromatic carbocycles. The third-order valence-corrected chi connectivity index (χ3v) is 3.88. The summed E-state index contributed by atoms with van der Waals surface area (Å²) in [5.41, 5.74) is 0.331. The average Bonchev–Trinajstić information content (AvgIpc) is 2.70. The summed E-state index contributed by atoms with van der Waals surface area (Å²) in [6.07, 6.45) is 0. The van der Waals surface area contributed by atoms with Gasteiger partial charge in [-0.15, -0.1) is 0 Å². The molecule has 150 valence electrons. The van der Waals surface area contributed by atoms with Crippen molar-refractivity contribution in [2.24, 2.45) is 0 Å². The molecule has 28 heavy (non-hydrogen) atoms. The van der Waals surface area contributed by atoms with Crippen LogP contribution in [0.2, 0.25) is 5.02 Å². The molecule has 2 rings (SSSR count). The van der Waals surface area contributed by atoms with Crippen molar-refractivity contribution in [2.45, 2.75) is 6.92 Å². The summed E-state index contributed by atoms with van der Waals surface area (Å²) in [5.74, 6) is 0.866. The lowest BCUT2D eigenvalue weighted by atomic mass is 10.2. The second-order valence-electron chi connectivity index (χ2n) is 5.62. The number of hydrogen-bond acceptors (Lipinski definition) is 5. The van der Waals surface area contributed by atoms with Gasteiger partial charge < -0.3 is 24.8 Å². The zero-order chi connectivity index (χ0) is 20.4. The molecule has 2 N–H and O–H groups in total. The van der Waals surface area contributed by atoms with Crippen LogP contribution in [0.5, 0.6) is 17.2 Å². The highest BCUT2D eigenvalue weighted by Gasteiger charge is 2.13. The number of rotatable bonds is 10. The fraction of sp³-hybridized carbons (Fsp3) is 0.300. The molecule has 2 aromatic rings. The van der Waals surface area contributed by atoms with Crippen molar-refractivity contribution < 1.29 is 23.8 Å². The van der Waals surface area contributed by atoms with Crippen LogP contribution in [0.15, 0.2) is 42.5 Å². The Labute approximate surface area is 168 Å². The van der Waals surface area contributed by atoms with Gasteiger partial charge in [0.2, 0.25) is 0 Å². The van der Waals surface area contributed by atoms with Crippen LogP contribution in [0.25, 0.3) is 0 Å². The van der Waals surface area contributed by atoms with Crippen LogP contribution >= 0.6 is 11.6 Å². The Bertz CT molecular complexity index is 813. The highest BCUT2D eigenvalue weighted by atomic mass is 35.5. The number of ether oxygens (including phenoxy) is 3. The van der Waals surface area contributed by atoms with Gasteiger partial charge in [-0.25, -0.2) is 0 Å². The first-order chi connectivity index (χ1) is 13.5. The van der Waals surface area contributed by atoms with Crippen LogP contribution in [0.4, 0.5) is 0 Å². The predicted molar refractivity (Wildman–Crippen MR) is 106 cm³/mol. The van der Waals surface area contributed by atoms with Gasteiger partial charge in [-0.05, 0) is 37.3 Å². The Hall–Kier alpha value is -2.93. The van der Waals surface area contributed by atoms with E-state index in [0.717, 1.165) is 0 Å². The molecule has 0 fully saturated rings. The number of halogens is 1. The van der Waals surface area contributed by atoms with Gasteiger partial charge in [0.25, 0.3) is 11.8 Å². The summed E-state index contributed by atoms with van der Waals surface area (Å²) < 4.78 is 16.1. The molecule has 2 amide bonds. The third-order valence-electron chi connectivity index (χ3n) is 3.65. The summed E-state index contributed by atoms with van der Waals surface area (Å²) in [6, 6.07) is 11.9. The Balaban J connectivity index is 1.74. The fourth-order valence-electron chi connectivity index (χ4n) is 2.37. The molecular formula is C20H23ClN2O5. The van der Waals surface area contributed by atoms with E-state index in [4.69, 9.17) is 25.8 Å². The molecule has 7 nitrogen and oxygen atoms in total. The van der Waals surface area contributed by atoms with E-state index >= 15 is 0 Å². The standard InChI is InChI=1S/C20H23ClN2O5/c1-3-27-17-6-4-5-7-18(17)28-13-19(24)22-10-11-23-20(25)15-12-14(21)8-9-16(15)26-2/h4-9,12H,3,10-11,13H2,1-2H3,(H,22,24)(H,23,25). The van der Waals surface area contributed by atoms with Gasteiger partial charge in [-0.3, -0.25) is 9.59 Å². The Morgan fingerprint density at radius 1 is 0.964 bits per heavy atom. The van der Waals surface area contributed by atoms with Crippen molar-refractivity contribution in [2.75, 3.05) is 33.4 Å². The zero-order valence-corrected chi connectivity index (χ0v) is 16.5. The van der Waals surface area contributed by atoms with Crippen LogP contribution in [0.3, 0.4) is 0 Å². The molecule has 0 bridgehead atoms. The smallest absolute Gasteiger partial charge is 0.258 e. The lowest BCUT2D eigenvalue weighted by molar-refractivity contribution is -0.123. The first kappa shape index (κ1) is 21.4. The normalized spacial score (nSPS) is 10.1. The summed E-state index contributed by atoms with van der Waals surface area (Å²) >= 11 is 5.92.